The minimum atomic E-state index is -0.553. The number of nitrogens with two attached hydrogens (primary N) is 1. The number of nitrogens with one attached hydrogen (secondary N) is 1. The average Bonchev–Trinajstić information content (AvgIpc) is 3.38. The Labute approximate surface area is 172 Å². The molecule has 7 nitrogen and oxygen atoms in total. The predicted octanol–water partition coefficient (Wildman–Crippen LogP) is 3.74. The first-order valence-electron chi connectivity index (χ1n) is 9.11. The number of hydrogen-bond acceptors (Lipinski definition) is 4. The Morgan fingerprint density at radius 3 is 2.86 bits per heavy atom. The van der Waals surface area contributed by atoms with E-state index in [2.05, 4.69) is 21.5 Å². The van der Waals surface area contributed by atoms with Crippen LogP contribution in [0.2, 0.25) is 5.02 Å². The molecule has 1 aromatic carbocycles. The molecule has 0 bridgehead atoms. The Balaban J connectivity index is 1.65. The number of halogens is 2. The van der Waals surface area contributed by atoms with E-state index in [1.54, 1.807) is 13.4 Å². The van der Waals surface area contributed by atoms with Crippen LogP contribution in [0.15, 0.2) is 36.8 Å². The summed E-state index contributed by atoms with van der Waals surface area (Å²) in [6, 6.07) is 3.99. The van der Waals surface area contributed by atoms with Gasteiger partial charge in [-0.3, -0.25) is 9.48 Å². The Kier molecular flexibility index (Phi) is 4.87. The minimum Gasteiger partial charge on any atom is -0.383 e. The van der Waals surface area contributed by atoms with Crippen molar-refractivity contribution in [3.8, 4) is 0 Å². The third kappa shape index (κ3) is 3.63. The van der Waals surface area contributed by atoms with E-state index in [1.165, 1.54) is 22.9 Å². The van der Waals surface area contributed by atoms with Crippen LogP contribution in [0.25, 0.3) is 5.57 Å². The number of aryl methyl sites for hydroxylation is 2. The Morgan fingerprint density at radius 1 is 1.38 bits per heavy atom. The van der Waals surface area contributed by atoms with Crippen LogP contribution >= 0.6 is 11.6 Å². The summed E-state index contributed by atoms with van der Waals surface area (Å²) < 4.78 is 16.8. The monoisotopic (exact) mass is 414 g/mol. The van der Waals surface area contributed by atoms with E-state index in [9.17, 15) is 9.18 Å². The van der Waals surface area contributed by atoms with Crippen LogP contribution in [0.4, 0.5) is 15.9 Å². The van der Waals surface area contributed by atoms with Crippen molar-refractivity contribution in [1.82, 2.24) is 19.3 Å². The number of carbonyl (C=O) groups is 1. The standard InChI is InChI=1S/C20H20ClFN6O/c1-27-9-16(24-10-27)11-3-4-12(7-11)18-17(19(23)28(2)26-18)20(29)25-13-5-6-15(22)14(21)8-13/h5-11H,3-4,23H2,1-2H3,(H,25,29). The molecule has 0 saturated carbocycles. The van der Waals surface area contributed by atoms with Crippen LogP contribution in [-0.4, -0.2) is 25.2 Å². The van der Waals surface area contributed by atoms with E-state index in [4.69, 9.17) is 17.3 Å². The molecule has 150 valence electrons. The minimum absolute atomic E-state index is 0.0705. The molecule has 29 heavy (non-hydrogen) atoms. The molecular weight excluding hydrogens is 395 g/mol. The Hall–Kier alpha value is -3.13. The van der Waals surface area contributed by atoms with Crippen molar-refractivity contribution in [2.45, 2.75) is 18.8 Å². The number of aromatic nitrogens is 4. The summed E-state index contributed by atoms with van der Waals surface area (Å²) in [5.74, 6) is -0.549. The molecule has 0 spiro atoms. The highest BCUT2D eigenvalue weighted by Crippen LogP contribution is 2.38. The first-order valence-corrected chi connectivity index (χ1v) is 9.49. The highest BCUT2D eigenvalue weighted by molar-refractivity contribution is 6.31. The molecule has 0 fully saturated rings. The van der Waals surface area contributed by atoms with Gasteiger partial charge in [-0.15, -0.1) is 0 Å². The van der Waals surface area contributed by atoms with Crippen LogP contribution in [0.5, 0.6) is 0 Å². The van der Waals surface area contributed by atoms with E-state index in [0.29, 0.717) is 16.9 Å². The zero-order valence-corrected chi connectivity index (χ0v) is 16.7. The number of allylic oxidation sites excluding steroid dienone is 2. The largest absolute Gasteiger partial charge is 0.383 e. The Bertz CT molecular complexity index is 1130. The van der Waals surface area contributed by atoms with Crippen molar-refractivity contribution in [1.29, 1.82) is 0 Å². The molecule has 2 heterocycles. The van der Waals surface area contributed by atoms with Crippen LogP contribution < -0.4 is 11.1 Å². The zero-order valence-electron chi connectivity index (χ0n) is 16.0. The molecule has 4 rings (SSSR count). The number of imidazole rings is 1. The highest BCUT2D eigenvalue weighted by Gasteiger charge is 2.28. The van der Waals surface area contributed by atoms with Crippen LogP contribution in [0, 0.1) is 5.82 Å². The molecule has 3 N–H and O–H groups in total. The van der Waals surface area contributed by atoms with Gasteiger partial charge in [-0.2, -0.15) is 5.10 Å². The fourth-order valence-corrected chi connectivity index (χ4v) is 3.71. The van der Waals surface area contributed by atoms with Gasteiger partial charge in [0.25, 0.3) is 5.91 Å². The summed E-state index contributed by atoms with van der Waals surface area (Å²) in [6.07, 6.45) is 7.50. The molecule has 0 radical (unpaired) electrons. The van der Waals surface area contributed by atoms with Crippen LogP contribution in [0.3, 0.4) is 0 Å². The van der Waals surface area contributed by atoms with Gasteiger partial charge in [0, 0.05) is 31.9 Å². The number of carbonyl (C=O) groups excluding carboxylic acids is 1. The molecule has 0 aliphatic heterocycles. The summed E-state index contributed by atoms with van der Waals surface area (Å²) >= 11 is 5.81. The van der Waals surface area contributed by atoms with Crippen molar-refractivity contribution in [3.05, 3.63) is 64.6 Å². The maximum atomic E-state index is 13.4. The Morgan fingerprint density at radius 2 is 2.17 bits per heavy atom. The van der Waals surface area contributed by atoms with Crippen molar-refractivity contribution in [3.63, 3.8) is 0 Å². The molecule has 1 aliphatic rings. The smallest absolute Gasteiger partial charge is 0.261 e. The molecular formula is C20H20ClFN6O. The second kappa shape index (κ2) is 7.36. The fourth-order valence-electron chi connectivity index (χ4n) is 3.53. The lowest BCUT2D eigenvalue weighted by atomic mass is 10.1. The van der Waals surface area contributed by atoms with Gasteiger partial charge in [0.15, 0.2) is 0 Å². The van der Waals surface area contributed by atoms with Crippen LogP contribution in [0.1, 0.15) is 40.5 Å². The molecule has 0 saturated heterocycles. The van der Waals surface area contributed by atoms with Crippen molar-refractivity contribution in [2.24, 2.45) is 14.1 Å². The van der Waals surface area contributed by atoms with E-state index in [-0.39, 0.29) is 16.8 Å². The lowest BCUT2D eigenvalue weighted by Crippen LogP contribution is -2.15. The quantitative estimate of drug-likeness (QED) is 0.680. The van der Waals surface area contributed by atoms with Gasteiger partial charge in [0.2, 0.25) is 0 Å². The zero-order chi connectivity index (χ0) is 20.7. The highest BCUT2D eigenvalue weighted by atomic mass is 35.5. The number of hydrogen-bond donors (Lipinski definition) is 2. The maximum absolute atomic E-state index is 13.4. The van der Waals surface area contributed by atoms with Crippen molar-refractivity contribution >= 4 is 34.6 Å². The van der Waals surface area contributed by atoms with Crippen molar-refractivity contribution in [2.75, 3.05) is 11.1 Å². The number of nitrogen functional groups attached to an aromatic ring is 1. The van der Waals surface area contributed by atoms with E-state index in [0.717, 1.165) is 24.1 Å². The van der Waals surface area contributed by atoms with Gasteiger partial charge in [0.1, 0.15) is 22.9 Å². The van der Waals surface area contributed by atoms with E-state index < -0.39 is 11.7 Å². The second-order valence-corrected chi connectivity index (χ2v) is 7.52. The second-order valence-electron chi connectivity index (χ2n) is 7.12. The molecule has 2 aromatic heterocycles. The average molecular weight is 415 g/mol. The van der Waals surface area contributed by atoms with Gasteiger partial charge in [0.05, 0.1) is 17.0 Å². The molecule has 1 atom stereocenters. The normalized spacial score (nSPS) is 16.1. The third-order valence-corrected chi connectivity index (χ3v) is 5.32. The lowest BCUT2D eigenvalue weighted by molar-refractivity contribution is 0.102. The van der Waals surface area contributed by atoms with Gasteiger partial charge in [-0.1, -0.05) is 17.7 Å². The van der Waals surface area contributed by atoms with Crippen LogP contribution in [-0.2, 0) is 14.1 Å². The number of amides is 1. The summed E-state index contributed by atoms with van der Waals surface area (Å²) in [6.45, 7) is 0. The summed E-state index contributed by atoms with van der Waals surface area (Å²) in [5.41, 5.74) is 9.30. The number of anilines is 2. The lowest BCUT2D eigenvalue weighted by Gasteiger charge is -2.07. The molecule has 1 unspecified atom stereocenters. The van der Waals surface area contributed by atoms with Gasteiger partial charge >= 0.3 is 0 Å². The van der Waals surface area contributed by atoms with E-state index in [1.807, 2.05) is 17.8 Å². The van der Waals surface area contributed by atoms with Gasteiger partial charge in [-0.25, -0.2) is 9.37 Å². The SMILES string of the molecule is Cn1cnc(C2C=C(c3nn(C)c(N)c3C(=O)Nc3ccc(F)c(Cl)c3)CC2)c1. The molecule has 3 aromatic rings. The van der Waals surface area contributed by atoms with E-state index >= 15 is 0 Å². The summed E-state index contributed by atoms with van der Waals surface area (Å²) in [5, 5.41) is 7.12. The molecule has 9 heteroatoms. The van der Waals surface area contributed by atoms with Gasteiger partial charge in [-0.05, 0) is 36.6 Å². The summed E-state index contributed by atoms with van der Waals surface area (Å²) in [4.78, 5) is 17.4. The molecule has 1 aliphatic carbocycles. The first-order chi connectivity index (χ1) is 13.8. The molecule has 1 amide bonds. The van der Waals surface area contributed by atoms with Gasteiger partial charge < -0.3 is 15.6 Å². The maximum Gasteiger partial charge on any atom is 0.261 e. The third-order valence-electron chi connectivity index (χ3n) is 5.03. The summed E-state index contributed by atoms with van der Waals surface area (Å²) in [7, 11) is 3.62. The number of benzene rings is 1. The van der Waals surface area contributed by atoms with Crippen molar-refractivity contribution < 1.29 is 9.18 Å². The first kappa shape index (κ1) is 19.2. The number of nitrogens with zero attached hydrogens (tertiary/aromatic N) is 4. The number of rotatable bonds is 4. The predicted molar refractivity (Wildman–Crippen MR) is 110 cm³/mol. The fraction of sp³-hybridized carbons (Fsp3) is 0.250. The topological polar surface area (TPSA) is 90.8 Å².